The minimum Gasteiger partial charge on any atom is -0.595 e. The van der Waals surface area contributed by atoms with Crippen molar-refractivity contribution in [3.8, 4) is 0 Å². The summed E-state index contributed by atoms with van der Waals surface area (Å²) in [4.78, 5) is 11.3. The van der Waals surface area contributed by atoms with Crippen molar-refractivity contribution in [3.63, 3.8) is 0 Å². The quantitative estimate of drug-likeness (QED) is 0.443. The summed E-state index contributed by atoms with van der Waals surface area (Å²) in [5, 5.41) is 14.9. The lowest BCUT2D eigenvalue weighted by Gasteiger charge is -1.98. The third-order valence-corrected chi connectivity index (χ3v) is 2.07. The minimum atomic E-state index is -0.599. The zero-order chi connectivity index (χ0) is 12.0. The van der Waals surface area contributed by atoms with Crippen molar-refractivity contribution in [2.24, 2.45) is 5.11 Å². The second-order valence-corrected chi connectivity index (χ2v) is 3.43. The summed E-state index contributed by atoms with van der Waals surface area (Å²) in [6, 6.07) is 8.80. The van der Waals surface area contributed by atoms with Crippen LogP contribution in [0.25, 0.3) is 6.08 Å². The van der Waals surface area contributed by atoms with Gasteiger partial charge in [-0.2, -0.15) is 0 Å². The number of azo groups is 1. The Bertz CT molecular complexity index is 410. The molecule has 0 aliphatic carbocycles. The zero-order valence-electron chi connectivity index (χ0n) is 9.33. The molecule has 0 fully saturated rings. The first-order valence-corrected chi connectivity index (χ1v) is 5.00. The Hall–Kier alpha value is -1.97. The Morgan fingerprint density at radius 3 is 2.62 bits per heavy atom. The van der Waals surface area contributed by atoms with Crippen LogP contribution in [0, 0.1) is 5.21 Å². The van der Waals surface area contributed by atoms with Crippen molar-refractivity contribution in [1.82, 2.24) is 0 Å². The molecular formula is C12H14N2O2. The zero-order valence-corrected chi connectivity index (χ0v) is 9.33. The number of hydrogen-bond donors (Lipinski definition) is 0. The van der Waals surface area contributed by atoms with E-state index in [9.17, 15) is 10.0 Å². The van der Waals surface area contributed by atoms with Crippen LogP contribution in [0.1, 0.15) is 19.4 Å². The van der Waals surface area contributed by atoms with Gasteiger partial charge in [0.05, 0.1) is 0 Å². The highest BCUT2D eigenvalue weighted by atomic mass is 16.5. The highest BCUT2D eigenvalue weighted by Gasteiger charge is 2.08. The molecule has 1 aromatic carbocycles. The van der Waals surface area contributed by atoms with E-state index < -0.39 is 6.04 Å². The Morgan fingerprint density at radius 2 is 2.06 bits per heavy atom. The summed E-state index contributed by atoms with van der Waals surface area (Å²) in [5.74, 6) is -0.131. The molecule has 4 heteroatoms. The molecule has 0 bridgehead atoms. The third-order valence-electron chi connectivity index (χ3n) is 2.07. The summed E-state index contributed by atoms with van der Waals surface area (Å²) in [7, 11) is 0. The van der Waals surface area contributed by atoms with Gasteiger partial charge in [-0.25, -0.2) is 0 Å². The van der Waals surface area contributed by atoms with Gasteiger partial charge in [-0.15, -0.1) is 0 Å². The largest absolute Gasteiger partial charge is 0.595 e. The van der Waals surface area contributed by atoms with Crippen LogP contribution in [0.15, 0.2) is 41.6 Å². The number of carbonyl (C=O) groups excluding carboxylic acids is 1. The maximum Gasteiger partial charge on any atom is 0.210 e. The van der Waals surface area contributed by atoms with Gasteiger partial charge >= 0.3 is 0 Å². The molecule has 0 aromatic heterocycles. The van der Waals surface area contributed by atoms with E-state index in [0.29, 0.717) is 4.86 Å². The van der Waals surface area contributed by atoms with E-state index in [2.05, 4.69) is 5.11 Å². The van der Waals surface area contributed by atoms with Crippen molar-refractivity contribution in [1.29, 1.82) is 0 Å². The molecule has 16 heavy (non-hydrogen) atoms. The first-order valence-electron chi connectivity index (χ1n) is 5.00. The average Bonchev–Trinajstić information content (AvgIpc) is 2.27. The van der Waals surface area contributed by atoms with Gasteiger partial charge < -0.3 is 5.21 Å². The molecule has 0 aliphatic heterocycles. The molecule has 0 saturated heterocycles. The number of hydrogen-bond acceptors (Lipinski definition) is 3. The normalized spacial score (nSPS) is 14.0. The lowest BCUT2D eigenvalue weighted by molar-refractivity contribution is -0.459. The highest BCUT2D eigenvalue weighted by Crippen LogP contribution is 2.01. The van der Waals surface area contributed by atoms with Gasteiger partial charge in [0.15, 0.2) is 11.8 Å². The lowest BCUT2D eigenvalue weighted by atomic mass is 10.2. The van der Waals surface area contributed by atoms with E-state index in [4.69, 9.17) is 0 Å². The van der Waals surface area contributed by atoms with Crippen LogP contribution >= 0.6 is 0 Å². The summed E-state index contributed by atoms with van der Waals surface area (Å²) < 4.78 is 0. The monoisotopic (exact) mass is 218 g/mol. The van der Waals surface area contributed by atoms with Crippen LogP contribution in [-0.2, 0) is 4.79 Å². The van der Waals surface area contributed by atoms with Gasteiger partial charge in [-0.3, -0.25) is 4.79 Å². The molecule has 1 aromatic rings. The Morgan fingerprint density at radius 1 is 1.44 bits per heavy atom. The van der Waals surface area contributed by atoms with Crippen LogP contribution in [0.5, 0.6) is 0 Å². The molecular weight excluding hydrogens is 204 g/mol. The van der Waals surface area contributed by atoms with Crippen LogP contribution < -0.4 is 0 Å². The Labute approximate surface area is 94.5 Å². The molecule has 0 amide bonds. The van der Waals surface area contributed by atoms with Crippen molar-refractivity contribution in [3.05, 3.63) is 47.3 Å². The van der Waals surface area contributed by atoms with E-state index in [1.54, 1.807) is 13.0 Å². The minimum absolute atomic E-state index is 0.131. The Balaban J connectivity index is 2.67. The van der Waals surface area contributed by atoms with Gasteiger partial charge in [0.1, 0.15) is 0 Å². The van der Waals surface area contributed by atoms with Gasteiger partial charge in [0.25, 0.3) is 0 Å². The van der Waals surface area contributed by atoms with Gasteiger partial charge in [0, 0.05) is 6.08 Å². The number of rotatable bonds is 4. The lowest BCUT2D eigenvalue weighted by Crippen LogP contribution is -2.12. The molecule has 0 heterocycles. The Kier molecular flexibility index (Phi) is 4.39. The van der Waals surface area contributed by atoms with Gasteiger partial charge in [0.2, 0.25) is 6.20 Å². The molecule has 4 nitrogen and oxygen atoms in total. The van der Waals surface area contributed by atoms with E-state index in [0.717, 1.165) is 5.56 Å². The molecule has 0 unspecified atom stereocenters. The molecule has 1 rings (SSSR count). The topological polar surface area (TPSA) is 55.5 Å². The number of ketones is 1. The maximum absolute atomic E-state index is 11.2. The molecule has 0 N–H and O–H groups in total. The van der Waals surface area contributed by atoms with E-state index in [-0.39, 0.29) is 5.78 Å². The molecule has 1 atom stereocenters. The van der Waals surface area contributed by atoms with Crippen LogP contribution in [0.4, 0.5) is 0 Å². The SMILES string of the molecule is CC(=O)[C@H](C)N=[N+]([O-])/C=C/c1ccccc1. The summed E-state index contributed by atoms with van der Waals surface area (Å²) in [6.45, 7) is 2.99. The first-order chi connectivity index (χ1) is 7.59. The maximum atomic E-state index is 11.2. The van der Waals surface area contributed by atoms with Crippen molar-refractivity contribution in [2.75, 3.05) is 0 Å². The van der Waals surface area contributed by atoms with E-state index in [1.807, 2.05) is 30.3 Å². The molecule has 0 spiro atoms. The second-order valence-electron chi connectivity index (χ2n) is 3.43. The number of hydroxylamine groups is 1. The second kappa shape index (κ2) is 5.80. The molecule has 0 aliphatic rings. The standard InChI is InChI=1S/C12H14N2O2/c1-10(11(2)15)13-14(16)9-8-12-6-4-3-5-7-12/h3-10H,1-2H3/b9-8+,14-13?/t10-/m0/s1. The predicted molar refractivity (Wildman–Crippen MR) is 61.7 cm³/mol. The van der Waals surface area contributed by atoms with Crippen molar-refractivity contribution < 1.29 is 9.66 Å². The first kappa shape index (κ1) is 12.1. The van der Waals surface area contributed by atoms with Gasteiger partial charge in [-0.05, 0) is 24.5 Å². The number of nitrogens with zero attached hydrogens (tertiary/aromatic N) is 2. The van der Waals surface area contributed by atoms with Crippen LogP contribution in [0.2, 0.25) is 0 Å². The summed E-state index contributed by atoms with van der Waals surface area (Å²) in [6.07, 6.45) is 2.93. The van der Waals surface area contributed by atoms with Crippen LogP contribution in [0.3, 0.4) is 0 Å². The number of carbonyl (C=O) groups is 1. The fourth-order valence-electron chi connectivity index (χ4n) is 1.00. The van der Waals surface area contributed by atoms with Gasteiger partial charge in [-0.1, -0.05) is 35.2 Å². The van der Waals surface area contributed by atoms with Crippen LogP contribution in [-0.4, -0.2) is 16.7 Å². The summed E-state index contributed by atoms with van der Waals surface area (Å²) in [5.41, 5.74) is 0.911. The van der Waals surface area contributed by atoms with E-state index >= 15 is 0 Å². The summed E-state index contributed by atoms with van der Waals surface area (Å²) >= 11 is 0. The fourth-order valence-corrected chi connectivity index (χ4v) is 1.00. The fraction of sp³-hybridized carbons (Fsp3) is 0.250. The molecule has 0 saturated carbocycles. The number of benzene rings is 1. The molecule has 0 radical (unpaired) electrons. The third kappa shape index (κ3) is 4.04. The number of Topliss-reactive ketones (excluding diaryl/α,β-unsaturated/α-hetero) is 1. The van der Waals surface area contributed by atoms with Crippen molar-refractivity contribution in [2.45, 2.75) is 19.9 Å². The highest BCUT2D eigenvalue weighted by molar-refractivity contribution is 5.80. The molecule has 84 valence electrons. The van der Waals surface area contributed by atoms with E-state index in [1.165, 1.54) is 13.1 Å². The van der Waals surface area contributed by atoms with Crippen molar-refractivity contribution >= 4 is 11.9 Å². The average molecular weight is 218 g/mol. The smallest absolute Gasteiger partial charge is 0.210 e. The predicted octanol–water partition coefficient (Wildman–Crippen LogP) is 2.60.